The predicted octanol–water partition coefficient (Wildman–Crippen LogP) is 3.36. The van der Waals surface area contributed by atoms with Gasteiger partial charge in [0, 0.05) is 5.54 Å². The molecule has 116 valence electrons. The maximum Gasteiger partial charge on any atom is 0.391 e. The van der Waals surface area contributed by atoms with Crippen LogP contribution < -0.4 is 15.2 Å². The number of nitrogens with two attached hydrogens (primary N) is 1. The molecule has 1 aromatic carbocycles. The Morgan fingerprint density at radius 2 is 1.86 bits per heavy atom. The second kappa shape index (κ2) is 5.09. The van der Waals surface area contributed by atoms with E-state index in [0.717, 1.165) is 0 Å². The number of rotatable bonds is 1. The summed E-state index contributed by atoms with van der Waals surface area (Å²) in [5, 5.41) is 0. The van der Waals surface area contributed by atoms with Crippen LogP contribution in [0.15, 0.2) is 18.2 Å². The average Bonchev–Trinajstić information content (AvgIpc) is 2.46. The highest BCUT2D eigenvalue weighted by Gasteiger charge is 2.46. The van der Waals surface area contributed by atoms with Gasteiger partial charge < -0.3 is 15.2 Å². The van der Waals surface area contributed by atoms with Gasteiger partial charge in [-0.15, -0.1) is 0 Å². The van der Waals surface area contributed by atoms with Crippen LogP contribution in [-0.2, 0) is 5.54 Å². The summed E-state index contributed by atoms with van der Waals surface area (Å²) < 4.78 is 49.8. The van der Waals surface area contributed by atoms with E-state index < -0.39 is 17.6 Å². The predicted molar refractivity (Wildman–Crippen MR) is 71.3 cm³/mol. The molecule has 2 unspecified atom stereocenters. The van der Waals surface area contributed by atoms with Crippen LogP contribution in [0.1, 0.15) is 31.2 Å². The van der Waals surface area contributed by atoms with Crippen LogP contribution in [0, 0.1) is 5.92 Å². The molecular weight excluding hydrogens is 283 g/mol. The number of alkyl halides is 3. The molecule has 0 radical (unpaired) electrons. The van der Waals surface area contributed by atoms with Gasteiger partial charge in [-0.1, -0.05) is 12.5 Å². The average molecular weight is 301 g/mol. The zero-order valence-corrected chi connectivity index (χ0v) is 11.6. The summed E-state index contributed by atoms with van der Waals surface area (Å²) in [7, 11) is 0. The largest absolute Gasteiger partial charge is 0.486 e. The van der Waals surface area contributed by atoms with Crippen molar-refractivity contribution in [1.82, 2.24) is 0 Å². The first-order valence-corrected chi connectivity index (χ1v) is 7.14. The Labute approximate surface area is 121 Å². The summed E-state index contributed by atoms with van der Waals surface area (Å²) in [5.41, 5.74) is 6.05. The second-order valence-electron chi connectivity index (χ2n) is 5.85. The van der Waals surface area contributed by atoms with E-state index in [1.54, 1.807) is 18.2 Å². The van der Waals surface area contributed by atoms with E-state index in [9.17, 15) is 13.2 Å². The van der Waals surface area contributed by atoms with Gasteiger partial charge in [0.1, 0.15) is 13.2 Å². The lowest BCUT2D eigenvalue weighted by molar-refractivity contribution is -0.187. The molecule has 2 N–H and O–H groups in total. The van der Waals surface area contributed by atoms with E-state index in [4.69, 9.17) is 15.2 Å². The SMILES string of the molecule is NC1(c2ccc3c(c2)OCCO3)CCCC(C(F)(F)F)C1. The van der Waals surface area contributed by atoms with E-state index in [-0.39, 0.29) is 12.8 Å². The Morgan fingerprint density at radius 1 is 1.14 bits per heavy atom. The first kappa shape index (κ1) is 14.5. The van der Waals surface area contributed by atoms with Crippen LogP contribution >= 0.6 is 0 Å². The number of hydrogen-bond acceptors (Lipinski definition) is 3. The Bertz CT molecular complexity index is 532. The van der Waals surface area contributed by atoms with Crippen molar-refractivity contribution in [2.45, 2.75) is 37.4 Å². The monoisotopic (exact) mass is 301 g/mol. The van der Waals surface area contributed by atoms with Gasteiger partial charge in [0.2, 0.25) is 0 Å². The van der Waals surface area contributed by atoms with Crippen molar-refractivity contribution in [3.8, 4) is 11.5 Å². The van der Waals surface area contributed by atoms with Crippen molar-refractivity contribution < 1.29 is 22.6 Å². The van der Waals surface area contributed by atoms with Crippen molar-refractivity contribution in [3.05, 3.63) is 23.8 Å². The Kier molecular flexibility index (Phi) is 3.51. The van der Waals surface area contributed by atoms with Crippen LogP contribution in [0.3, 0.4) is 0 Å². The van der Waals surface area contributed by atoms with Crippen LogP contribution in [0.4, 0.5) is 13.2 Å². The molecule has 0 saturated heterocycles. The van der Waals surface area contributed by atoms with Gasteiger partial charge in [-0.25, -0.2) is 0 Å². The van der Waals surface area contributed by atoms with Crippen LogP contribution in [-0.4, -0.2) is 19.4 Å². The number of benzene rings is 1. The van der Waals surface area contributed by atoms with Crippen molar-refractivity contribution in [1.29, 1.82) is 0 Å². The van der Waals surface area contributed by atoms with Gasteiger partial charge in [-0.2, -0.15) is 13.2 Å². The summed E-state index contributed by atoms with van der Waals surface area (Å²) in [5.74, 6) is -0.140. The molecule has 21 heavy (non-hydrogen) atoms. The Balaban J connectivity index is 1.87. The van der Waals surface area contributed by atoms with Crippen LogP contribution in [0.25, 0.3) is 0 Å². The molecule has 1 saturated carbocycles. The molecule has 1 fully saturated rings. The fourth-order valence-electron chi connectivity index (χ4n) is 3.20. The number of fused-ring (bicyclic) bond motifs is 1. The van der Waals surface area contributed by atoms with Gasteiger partial charge in [-0.3, -0.25) is 0 Å². The Hall–Kier alpha value is -1.43. The summed E-state index contributed by atoms with van der Waals surface area (Å²) >= 11 is 0. The maximum absolute atomic E-state index is 13.0. The third-order valence-electron chi connectivity index (χ3n) is 4.37. The molecule has 1 heterocycles. The van der Waals surface area contributed by atoms with E-state index in [1.807, 2.05) is 0 Å². The molecule has 0 spiro atoms. The lowest BCUT2D eigenvalue weighted by Crippen LogP contribution is -2.44. The maximum atomic E-state index is 13.0. The van der Waals surface area contributed by atoms with Crippen molar-refractivity contribution in [3.63, 3.8) is 0 Å². The number of hydrogen-bond donors (Lipinski definition) is 1. The lowest BCUT2D eigenvalue weighted by atomic mass is 9.72. The highest BCUT2D eigenvalue weighted by atomic mass is 19.4. The molecule has 6 heteroatoms. The molecule has 1 aromatic rings. The fourth-order valence-corrected chi connectivity index (χ4v) is 3.20. The molecule has 0 bridgehead atoms. The van der Waals surface area contributed by atoms with E-state index in [0.29, 0.717) is 43.1 Å². The minimum atomic E-state index is -4.18. The van der Waals surface area contributed by atoms with E-state index in [1.165, 1.54) is 0 Å². The van der Waals surface area contributed by atoms with Crippen LogP contribution in [0.5, 0.6) is 11.5 Å². The Morgan fingerprint density at radius 3 is 2.57 bits per heavy atom. The van der Waals surface area contributed by atoms with Crippen LogP contribution in [0.2, 0.25) is 0 Å². The highest BCUT2D eigenvalue weighted by molar-refractivity contribution is 5.46. The van der Waals surface area contributed by atoms with Crippen molar-refractivity contribution in [2.24, 2.45) is 11.7 Å². The van der Waals surface area contributed by atoms with E-state index in [2.05, 4.69) is 0 Å². The molecule has 0 aromatic heterocycles. The third kappa shape index (κ3) is 2.81. The number of halogens is 3. The summed E-state index contributed by atoms with van der Waals surface area (Å²) in [4.78, 5) is 0. The summed E-state index contributed by atoms with van der Waals surface area (Å²) in [6.07, 6.45) is -3.06. The summed E-state index contributed by atoms with van der Waals surface area (Å²) in [6.45, 7) is 0.926. The third-order valence-corrected chi connectivity index (χ3v) is 4.37. The molecule has 0 amide bonds. The molecule has 2 aliphatic rings. The van der Waals surface area contributed by atoms with Crippen molar-refractivity contribution in [2.75, 3.05) is 13.2 Å². The van der Waals surface area contributed by atoms with Gasteiger partial charge in [0.15, 0.2) is 11.5 Å². The van der Waals surface area contributed by atoms with E-state index >= 15 is 0 Å². The fraction of sp³-hybridized carbons (Fsp3) is 0.600. The van der Waals surface area contributed by atoms with Gasteiger partial charge >= 0.3 is 6.18 Å². The van der Waals surface area contributed by atoms with Crippen molar-refractivity contribution >= 4 is 0 Å². The molecule has 2 atom stereocenters. The molecular formula is C15H18F3NO2. The van der Waals surface area contributed by atoms with Gasteiger partial charge in [0.25, 0.3) is 0 Å². The first-order chi connectivity index (χ1) is 9.88. The minimum Gasteiger partial charge on any atom is -0.486 e. The van der Waals surface area contributed by atoms with Gasteiger partial charge in [0.05, 0.1) is 5.92 Å². The smallest absolute Gasteiger partial charge is 0.391 e. The molecule has 1 aliphatic carbocycles. The lowest BCUT2D eigenvalue weighted by Gasteiger charge is -2.39. The van der Waals surface area contributed by atoms with Gasteiger partial charge in [-0.05, 0) is 37.0 Å². The molecule has 3 nitrogen and oxygen atoms in total. The minimum absolute atomic E-state index is 0.0733. The first-order valence-electron chi connectivity index (χ1n) is 7.14. The quantitative estimate of drug-likeness (QED) is 0.865. The highest BCUT2D eigenvalue weighted by Crippen LogP contribution is 2.46. The normalized spacial score (nSPS) is 29.2. The zero-order chi connectivity index (χ0) is 15.1. The standard InChI is InChI=1S/C15H18F3NO2/c16-15(17,18)11-2-1-5-14(19,9-11)10-3-4-12-13(8-10)21-7-6-20-12/h3-4,8,11H,1-2,5-7,9,19H2. The molecule has 1 aliphatic heterocycles. The topological polar surface area (TPSA) is 44.5 Å². The number of ether oxygens (including phenoxy) is 2. The molecule has 3 rings (SSSR count). The second-order valence-corrected chi connectivity index (χ2v) is 5.85. The summed E-state index contributed by atoms with van der Waals surface area (Å²) in [6, 6.07) is 5.22. The zero-order valence-electron chi connectivity index (χ0n) is 11.6.